The van der Waals surface area contributed by atoms with Gasteiger partial charge in [0.15, 0.2) is 11.8 Å². The van der Waals surface area contributed by atoms with Crippen molar-refractivity contribution < 1.29 is 12.9 Å². The van der Waals surface area contributed by atoms with E-state index in [1.54, 1.807) is 7.05 Å². The molecule has 0 saturated carbocycles. The molecule has 0 aliphatic carbocycles. The highest BCUT2D eigenvalue weighted by Crippen LogP contribution is 2.19. The van der Waals surface area contributed by atoms with E-state index >= 15 is 0 Å². The number of aliphatic imine (C=N–C) groups is 1. The minimum absolute atomic E-state index is 0.0219. The van der Waals surface area contributed by atoms with Gasteiger partial charge in [-0.2, -0.15) is 4.98 Å². The third kappa shape index (κ3) is 7.45. The van der Waals surface area contributed by atoms with Gasteiger partial charge in [-0.3, -0.25) is 4.99 Å². The average Bonchev–Trinajstić information content (AvgIpc) is 2.89. The quantitative estimate of drug-likeness (QED) is 0.581. The normalized spacial score (nSPS) is 14.6. The largest absolute Gasteiger partial charge is 0.354 e. The molecule has 0 fully saturated rings. The molecule has 1 rings (SSSR count). The summed E-state index contributed by atoms with van der Waals surface area (Å²) in [6.07, 6.45) is 1.74. The van der Waals surface area contributed by atoms with Gasteiger partial charge in [0.05, 0.1) is 12.3 Å². The lowest BCUT2D eigenvalue weighted by molar-refractivity contribution is 0.318. The van der Waals surface area contributed by atoms with Crippen molar-refractivity contribution in [3.63, 3.8) is 0 Å². The van der Waals surface area contributed by atoms with Crippen molar-refractivity contribution in [1.82, 2.24) is 20.8 Å². The Morgan fingerprint density at radius 1 is 1.39 bits per heavy atom. The number of sulfone groups is 1. The van der Waals surface area contributed by atoms with Gasteiger partial charge in [0.25, 0.3) is 0 Å². The number of nitrogens with zero attached hydrogens (tertiary/aromatic N) is 3. The topological polar surface area (TPSA) is 109 Å². The van der Waals surface area contributed by atoms with E-state index < -0.39 is 9.84 Å². The molecule has 0 aliphatic heterocycles. The Morgan fingerprint density at radius 3 is 2.52 bits per heavy atom. The van der Waals surface area contributed by atoms with Crippen LogP contribution in [0.3, 0.4) is 0 Å². The van der Waals surface area contributed by atoms with E-state index in [-0.39, 0.29) is 17.2 Å². The lowest BCUT2D eigenvalue weighted by Crippen LogP contribution is -2.42. The summed E-state index contributed by atoms with van der Waals surface area (Å²) in [5.74, 6) is 1.83. The molecular weight excluding hydrogens is 318 g/mol. The van der Waals surface area contributed by atoms with E-state index in [0.717, 1.165) is 0 Å². The Kier molecular flexibility index (Phi) is 6.55. The van der Waals surface area contributed by atoms with Crippen molar-refractivity contribution in [3.05, 3.63) is 11.7 Å². The van der Waals surface area contributed by atoms with E-state index in [1.165, 1.54) is 6.26 Å². The van der Waals surface area contributed by atoms with Crippen LogP contribution in [0.1, 0.15) is 45.8 Å². The summed E-state index contributed by atoms with van der Waals surface area (Å²) in [6, 6.07) is -0.0219. The van der Waals surface area contributed by atoms with Crippen molar-refractivity contribution in [2.45, 2.75) is 52.1 Å². The molecule has 132 valence electrons. The van der Waals surface area contributed by atoms with E-state index in [0.29, 0.717) is 30.6 Å². The van der Waals surface area contributed by atoms with Gasteiger partial charge in [0, 0.05) is 24.8 Å². The molecule has 1 heterocycles. The number of hydrogen-bond acceptors (Lipinski definition) is 6. The maximum Gasteiger partial charge on any atom is 0.232 e. The van der Waals surface area contributed by atoms with Gasteiger partial charge >= 0.3 is 0 Å². The van der Waals surface area contributed by atoms with Crippen molar-refractivity contribution in [2.24, 2.45) is 4.99 Å². The summed E-state index contributed by atoms with van der Waals surface area (Å²) >= 11 is 0. The Hall–Kier alpha value is -1.64. The highest BCUT2D eigenvalue weighted by molar-refractivity contribution is 7.90. The van der Waals surface area contributed by atoms with Crippen LogP contribution in [0.25, 0.3) is 0 Å². The molecular formula is C14H27N5O3S. The van der Waals surface area contributed by atoms with E-state index in [2.05, 4.69) is 25.8 Å². The molecule has 1 aromatic rings. The van der Waals surface area contributed by atoms with Gasteiger partial charge in [0.2, 0.25) is 5.89 Å². The van der Waals surface area contributed by atoms with Crippen molar-refractivity contribution in [1.29, 1.82) is 0 Å². The summed E-state index contributed by atoms with van der Waals surface area (Å²) in [4.78, 5) is 8.44. The fourth-order valence-electron chi connectivity index (χ4n) is 1.68. The summed E-state index contributed by atoms with van der Waals surface area (Å²) in [5.41, 5.74) is -0.189. The first kappa shape index (κ1) is 19.4. The van der Waals surface area contributed by atoms with Gasteiger partial charge in [-0.1, -0.05) is 25.9 Å². The molecule has 0 aromatic carbocycles. The highest BCUT2D eigenvalue weighted by atomic mass is 32.2. The second kappa shape index (κ2) is 7.76. The lowest BCUT2D eigenvalue weighted by atomic mass is 9.97. The van der Waals surface area contributed by atoms with Crippen LogP contribution in [0.5, 0.6) is 0 Å². The van der Waals surface area contributed by atoms with Crippen LogP contribution in [0, 0.1) is 0 Å². The van der Waals surface area contributed by atoms with Crippen molar-refractivity contribution >= 4 is 15.8 Å². The molecule has 9 heteroatoms. The molecule has 0 bridgehead atoms. The van der Waals surface area contributed by atoms with E-state index in [1.807, 2.05) is 27.7 Å². The molecule has 1 aromatic heterocycles. The van der Waals surface area contributed by atoms with Crippen LogP contribution < -0.4 is 10.6 Å². The molecule has 0 amide bonds. The number of guanidine groups is 1. The summed E-state index contributed by atoms with van der Waals surface area (Å²) in [6.45, 7) is 8.28. The van der Waals surface area contributed by atoms with Crippen LogP contribution in [0.2, 0.25) is 0 Å². The van der Waals surface area contributed by atoms with Gasteiger partial charge < -0.3 is 15.2 Å². The SMILES string of the molecule is CN=C(NCc1noc(C(C)(C)C)n1)NC(C)CCS(C)(=O)=O. The van der Waals surface area contributed by atoms with Crippen LogP contribution in [-0.2, 0) is 21.8 Å². The fourth-order valence-corrected chi connectivity index (χ4v) is 2.47. The maximum absolute atomic E-state index is 11.2. The lowest BCUT2D eigenvalue weighted by Gasteiger charge is -2.16. The highest BCUT2D eigenvalue weighted by Gasteiger charge is 2.21. The molecule has 1 unspecified atom stereocenters. The molecule has 0 radical (unpaired) electrons. The first-order valence-corrected chi connectivity index (χ1v) is 9.55. The molecule has 0 aliphatic rings. The van der Waals surface area contributed by atoms with Crippen molar-refractivity contribution in [3.8, 4) is 0 Å². The number of rotatable bonds is 6. The minimum atomic E-state index is -2.96. The molecule has 2 N–H and O–H groups in total. The van der Waals surface area contributed by atoms with Crippen LogP contribution in [0.15, 0.2) is 9.52 Å². The summed E-state index contributed by atoms with van der Waals surface area (Å²) in [7, 11) is -1.31. The molecule has 0 spiro atoms. The zero-order chi connectivity index (χ0) is 17.7. The third-order valence-corrected chi connectivity index (χ3v) is 4.03. The number of hydrogen-bond donors (Lipinski definition) is 2. The van der Waals surface area contributed by atoms with Crippen LogP contribution >= 0.6 is 0 Å². The van der Waals surface area contributed by atoms with Gasteiger partial charge in [0.1, 0.15) is 9.84 Å². The second-order valence-corrected chi connectivity index (χ2v) is 8.92. The Balaban J connectivity index is 2.50. The van der Waals surface area contributed by atoms with Crippen LogP contribution in [0.4, 0.5) is 0 Å². The molecule has 23 heavy (non-hydrogen) atoms. The summed E-state index contributed by atoms with van der Waals surface area (Å²) in [5, 5.41) is 10.1. The standard InChI is InChI=1S/C14H27N5O3S/c1-10(7-8-23(6,20)21)17-13(15-5)16-9-11-18-12(22-19-11)14(2,3)4/h10H,7-9H2,1-6H3,(H2,15,16,17). The van der Waals surface area contributed by atoms with E-state index in [4.69, 9.17) is 4.52 Å². The predicted octanol–water partition coefficient (Wildman–Crippen LogP) is 0.855. The molecule has 1 atom stereocenters. The first-order valence-electron chi connectivity index (χ1n) is 7.49. The Bertz CT molecular complexity index is 631. The smallest absolute Gasteiger partial charge is 0.232 e. The zero-order valence-electron chi connectivity index (χ0n) is 14.7. The van der Waals surface area contributed by atoms with Gasteiger partial charge in [-0.15, -0.1) is 0 Å². The minimum Gasteiger partial charge on any atom is -0.354 e. The Labute approximate surface area is 138 Å². The number of nitrogens with one attached hydrogen (secondary N) is 2. The van der Waals surface area contributed by atoms with Gasteiger partial charge in [-0.05, 0) is 13.3 Å². The first-order chi connectivity index (χ1) is 10.5. The van der Waals surface area contributed by atoms with Gasteiger partial charge in [-0.25, -0.2) is 8.42 Å². The van der Waals surface area contributed by atoms with E-state index in [9.17, 15) is 8.42 Å². The second-order valence-electron chi connectivity index (χ2n) is 6.66. The van der Waals surface area contributed by atoms with Crippen LogP contribution in [-0.4, -0.2) is 49.6 Å². The fraction of sp³-hybridized carbons (Fsp3) is 0.786. The maximum atomic E-state index is 11.2. The molecule has 8 nitrogen and oxygen atoms in total. The number of aromatic nitrogens is 2. The monoisotopic (exact) mass is 345 g/mol. The summed E-state index contributed by atoms with van der Waals surface area (Å²) < 4.78 is 27.6. The molecule has 0 saturated heterocycles. The van der Waals surface area contributed by atoms with Crippen molar-refractivity contribution in [2.75, 3.05) is 19.1 Å². The zero-order valence-corrected chi connectivity index (χ0v) is 15.5. The average molecular weight is 345 g/mol. The third-order valence-electron chi connectivity index (χ3n) is 3.05. The Morgan fingerprint density at radius 2 is 2.04 bits per heavy atom. The predicted molar refractivity (Wildman–Crippen MR) is 90.1 cm³/mol.